The maximum atomic E-state index is 13.5. The molecule has 3 heteroatoms. The van der Waals surface area contributed by atoms with Gasteiger partial charge in [-0.05, 0) is 42.0 Å². The Balaban J connectivity index is 2.82. The Hall–Kier alpha value is -0.440. The minimum Gasteiger partial charge on any atom is -0.207 e. The molecule has 0 spiro atoms. The Morgan fingerprint density at radius 2 is 1.94 bits per heavy atom. The molecule has 0 radical (unpaired) electrons. The quantitative estimate of drug-likeness (QED) is 0.705. The monoisotopic (exact) mass is 290 g/mol. The van der Waals surface area contributed by atoms with Crippen molar-refractivity contribution in [2.75, 3.05) is 0 Å². The molecule has 1 aromatic rings. The molecule has 0 aliphatic heterocycles. The fraction of sp³-hybridized carbons (Fsp3) is 0.538. The summed E-state index contributed by atoms with van der Waals surface area (Å²) in [5.74, 6) is -0.698. The molecule has 0 aliphatic carbocycles. The summed E-state index contributed by atoms with van der Waals surface area (Å²) >= 11 is 3.49. The summed E-state index contributed by atoms with van der Waals surface area (Å²) in [6.07, 6.45) is 1.47. The lowest BCUT2D eigenvalue weighted by Gasteiger charge is -2.26. The lowest BCUT2D eigenvalue weighted by molar-refractivity contribution is 0.329. The van der Waals surface area contributed by atoms with E-state index in [-0.39, 0.29) is 17.0 Å². The van der Waals surface area contributed by atoms with E-state index >= 15 is 0 Å². The first kappa shape index (κ1) is 13.6. The van der Waals surface area contributed by atoms with E-state index < -0.39 is 0 Å². The van der Waals surface area contributed by atoms with Crippen LogP contribution in [-0.2, 0) is 6.42 Å². The highest BCUT2D eigenvalue weighted by molar-refractivity contribution is 9.09. The van der Waals surface area contributed by atoms with Gasteiger partial charge in [0.15, 0.2) is 0 Å². The molecule has 0 saturated heterocycles. The highest BCUT2D eigenvalue weighted by Gasteiger charge is 2.22. The van der Waals surface area contributed by atoms with E-state index in [9.17, 15) is 8.78 Å². The Morgan fingerprint density at radius 1 is 1.31 bits per heavy atom. The molecular weight excluding hydrogens is 274 g/mol. The van der Waals surface area contributed by atoms with Gasteiger partial charge in [-0.2, -0.15) is 0 Å². The molecule has 0 nitrogen and oxygen atoms in total. The van der Waals surface area contributed by atoms with Gasteiger partial charge in [0.05, 0.1) is 0 Å². The normalized spacial score (nSPS) is 13.9. The van der Waals surface area contributed by atoms with Crippen molar-refractivity contribution in [2.45, 2.75) is 38.4 Å². The third-order valence-corrected chi connectivity index (χ3v) is 2.83. The number of benzene rings is 1. The molecule has 1 aromatic carbocycles. The van der Waals surface area contributed by atoms with Crippen LogP contribution in [0.25, 0.3) is 0 Å². The highest BCUT2D eigenvalue weighted by atomic mass is 79.9. The SMILES string of the molecule is CC(Br)CC(C)(C)Cc1cc(F)ccc1F. The van der Waals surface area contributed by atoms with Gasteiger partial charge >= 0.3 is 0 Å². The first-order chi connectivity index (χ1) is 7.30. The molecule has 90 valence electrons. The second kappa shape index (κ2) is 5.26. The first-order valence-corrected chi connectivity index (χ1v) is 6.30. The predicted octanol–water partition coefficient (Wildman–Crippen LogP) is 4.71. The summed E-state index contributed by atoms with van der Waals surface area (Å²) in [6, 6.07) is 3.63. The number of hydrogen-bond donors (Lipinski definition) is 0. The number of halogens is 3. The van der Waals surface area contributed by atoms with Crippen LogP contribution in [0.15, 0.2) is 18.2 Å². The van der Waals surface area contributed by atoms with E-state index in [1.165, 1.54) is 12.1 Å². The highest BCUT2D eigenvalue weighted by Crippen LogP contribution is 2.30. The largest absolute Gasteiger partial charge is 0.207 e. The zero-order valence-electron chi connectivity index (χ0n) is 9.86. The van der Waals surface area contributed by atoms with Crippen molar-refractivity contribution in [3.63, 3.8) is 0 Å². The van der Waals surface area contributed by atoms with Gasteiger partial charge in [-0.3, -0.25) is 0 Å². The average molecular weight is 291 g/mol. The van der Waals surface area contributed by atoms with Gasteiger partial charge in [0.25, 0.3) is 0 Å². The first-order valence-electron chi connectivity index (χ1n) is 5.38. The fourth-order valence-corrected chi connectivity index (χ4v) is 2.90. The van der Waals surface area contributed by atoms with Gasteiger partial charge in [-0.15, -0.1) is 0 Å². The van der Waals surface area contributed by atoms with Crippen LogP contribution in [0.3, 0.4) is 0 Å². The Labute approximate surface area is 104 Å². The van der Waals surface area contributed by atoms with E-state index in [0.29, 0.717) is 16.8 Å². The van der Waals surface area contributed by atoms with E-state index in [1.54, 1.807) is 0 Å². The second-order valence-electron chi connectivity index (χ2n) is 5.06. The van der Waals surface area contributed by atoms with Crippen LogP contribution < -0.4 is 0 Å². The topological polar surface area (TPSA) is 0 Å². The molecular formula is C13H17BrF2. The van der Waals surface area contributed by atoms with Crippen molar-refractivity contribution < 1.29 is 8.78 Å². The predicted molar refractivity (Wildman–Crippen MR) is 66.8 cm³/mol. The molecule has 0 aliphatic rings. The van der Waals surface area contributed by atoms with Gasteiger partial charge in [0.1, 0.15) is 11.6 Å². The van der Waals surface area contributed by atoms with Gasteiger partial charge in [-0.25, -0.2) is 8.78 Å². The van der Waals surface area contributed by atoms with Crippen LogP contribution >= 0.6 is 15.9 Å². The third-order valence-electron chi connectivity index (χ3n) is 2.51. The maximum absolute atomic E-state index is 13.5. The molecule has 0 N–H and O–H groups in total. The number of hydrogen-bond acceptors (Lipinski definition) is 0. The standard InChI is InChI=1S/C13H17BrF2/c1-9(14)7-13(2,3)8-10-6-11(15)4-5-12(10)16/h4-6,9H,7-8H2,1-3H3. The maximum Gasteiger partial charge on any atom is 0.126 e. The zero-order chi connectivity index (χ0) is 12.3. The van der Waals surface area contributed by atoms with Gasteiger partial charge in [0.2, 0.25) is 0 Å². The molecule has 0 heterocycles. The molecule has 1 rings (SSSR count). The van der Waals surface area contributed by atoms with Crippen LogP contribution in [0.1, 0.15) is 32.8 Å². The minimum absolute atomic E-state index is 0.0441. The molecule has 1 atom stereocenters. The molecule has 0 saturated carbocycles. The number of alkyl halides is 1. The van der Waals surface area contributed by atoms with Crippen LogP contribution in [-0.4, -0.2) is 4.83 Å². The molecule has 0 fully saturated rings. The smallest absolute Gasteiger partial charge is 0.126 e. The zero-order valence-corrected chi connectivity index (χ0v) is 11.4. The van der Waals surface area contributed by atoms with Gasteiger partial charge < -0.3 is 0 Å². The second-order valence-corrected chi connectivity index (χ2v) is 6.62. The summed E-state index contributed by atoms with van der Waals surface area (Å²) in [4.78, 5) is 0.374. The van der Waals surface area contributed by atoms with Gasteiger partial charge in [-0.1, -0.05) is 36.7 Å². The van der Waals surface area contributed by atoms with Crippen LogP contribution in [0.4, 0.5) is 8.78 Å². The lowest BCUT2D eigenvalue weighted by Crippen LogP contribution is -2.19. The third kappa shape index (κ3) is 4.20. The molecule has 0 bridgehead atoms. The van der Waals surface area contributed by atoms with E-state index in [4.69, 9.17) is 0 Å². The Kier molecular flexibility index (Phi) is 4.48. The van der Waals surface area contributed by atoms with E-state index in [1.807, 2.05) is 0 Å². The minimum atomic E-state index is -0.376. The van der Waals surface area contributed by atoms with E-state index in [0.717, 1.165) is 12.5 Å². The van der Waals surface area contributed by atoms with E-state index in [2.05, 4.69) is 36.7 Å². The van der Waals surface area contributed by atoms with Crippen molar-refractivity contribution in [1.82, 2.24) is 0 Å². The average Bonchev–Trinajstić information content (AvgIpc) is 2.08. The number of rotatable bonds is 4. The summed E-state index contributed by atoms with van der Waals surface area (Å²) in [7, 11) is 0. The Morgan fingerprint density at radius 3 is 2.50 bits per heavy atom. The molecule has 0 amide bonds. The molecule has 1 unspecified atom stereocenters. The summed E-state index contributed by atoms with van der Waals surface area (Å²) in [5.41, 5.74) is 0.413. The molecule has 0 aromatic heterocycles. The lowest BCUT2D eigenvalue weighted by atomic mass is 9.81. The molecule has 16 heavy (non-hydrogen) atoms. The van der Waals surface area contributed by atoms with Crippen LogP contribution in [0.5, 0.6) is 0 Å². The van der Waals surface area contributed by atoms with Crippen molar-refractivity contribution in [2.24, 2.45) is 5.41 Å². The Bertz CT molecular complexity index is 359. The van der Waals surface area contributed by atoms with Crippen molar-refractivity contribution in [3.05, 3.63) is 35.4 Å². The van der Waals surface area contributed by atoms with Crippen molar-refractivity contribution in [3.8, 4) is 0 Å². The summed E-state index contributed by atoms with van der Waals surface area (Å²) in [5, 5.41) is 0. The van der Waals surface area contributed by atoms with Crippen molar-refractivity contribution >= 4 is 15.9 Å². The van der Waals surface area contributed by atoms with Crippen LogP contribution in [0.2, 0.25) is 0 Å². The summed E-state index contributed by atoms with van der Waals surface area (Å²) in [6.45, 7) is 6.19. The van der Waals surface area contributed by atoms with Gasteiger partial charge in [0, 0.05) is 4.83 Å². The van der Waals surface area contributed by atoms with Crippen molar-refractivity contribution in [1.29, 1.82) is 0 Å². The fourth-order valence-electron chi connectivity index (χ4n) is 2.03. The van der Waals surface area contributed by atoms with Crippen LogP contribution in [0, 0.1) is 17.0 Å². The summed E-state index contributed by atoms with van der Waals surface area (Å²) < 4.78 is 26.5.